The van der Waals surface area contributed by atoms with Crippen LogP contribution in [0.5, 0.6) is 0 Å². The van der Waals surface area contributed by atoms with Gasteiger partial charge >= 0.3 is 6.03 Å². The minimum absolute atomic E-state index is 0.133. The molecule has 10 heteroatoms. The summed E-state index contributed by atoms with van der Waals surface area (Å²) in [5, 5.41) is 2.91. The molecule has 1 heterocycles. The van der Waals surface area contributed by atoms with Crippen molar-refractivity contribution in [2.24, 2.45) is 11.7 Å². The number of nitrogens with two attached hydrogens (primary N) is 1. The van der Waals surface area contributed by atoms with E-state index in [9.17, 15) is 18.0 Å². The molecule has 1 saturated heterocycles. The predicted octanol–water partition coefficient (Wildman–Crippen LogP) is 0.866. The van der Waals surface area contributed by atoms with E-state index >= 15 is 0 Å². The first-order chi connectivity index (χ1) is 12.1. The van der Waals surface area contributed by atoms with E-state index in [1.165, 1.54) is 28.6 Å². The van der Waals surface area contributed by atoms with Crippen molar-refractivity contribution in [1.29, 1.82) is 0 Å². The fourth-order valence-electron chi connectivity index (χ4n) is 2.77. The Labute approximate surface area is 158 Å². The van der Waals surface area contributed by atoms with Crippen LogP contribution >= 0.6 is 11.6 Å². The summed E-state index contributed by atoms with van der Waals surface area (Å²) < 4.78 is 26.7. The van der Waals surface area contributed by atoms with Crippen LogP contribution in [0.15, 0.2) is 29.2 Å². The molecule has 1 aromatic carbocycles. The number of halogens is 1. The molecule has 1 atom stereocenters. The zero-order chi connectivity index (χ0) is 19.5. The SMILES string of the molecule is CC(C)C(NC(N)=O)C(=O)N1CCN(S(=O)(=O)c2ccc(Cl)cc2)CC1. The summed E-state index contributed by atoms with van der Waals surface area (Å²) in [4.78, 5) is 25.4. The molecule has 3 N–H and O–H groups in total. The topological polar surface area (TPSA) is 113 Å². The van der Waals surface area contributed by atoms with E-state index in [4.69, 9.17) is 17.3 Å². The molecule has 144 valence electrons. The summed E-state index contributed by atoms with van der Waals surface area (Å²) in [7, 11) is -3.64. The highest BCUT2D eigenvalue weighted by molar-refractivity contribution is 7.89. The number of rotatable bonds is 5. The molecule has 2 rings (SSSR count). The lowest BCUT2D eigenvalue weighted by molar-refractivity contribution is -0.135. The van der Waals surface area contributed by atoms with Gasteiger partial charge in [-0.05, 0) is 30.2 Å². The molecule has 1 aliphatic rings. The maximum atomic E-state index is 12.7. The van der Waals surface area contributed by atoms with Crippen LogP contribution in [-0.2, 0) is 14.8 Å². The van der Waals surface area contributed by atoms with Gasteiger partial charge in [-0.15, -0.1) is 0 Å². The maximum Gasteiger partial charge on any atom is 0.312 e. The Morgan fingerprint density at radius 1 is 1.12 bits per heavy atom. The molecular weight excluding hydrogens is 380 g/mol. The molecule has 8 nitrogen and oxygen atoms in total. The summed E-state index contributed by atoms with van der Waals surface area (Å²) in [5.74, 6) is -0.395. The third kappa shape index (κ3) is 4.66. The maximum absolute atomic E-state index is 12.7. The van der Waals surface area contributed by atoms with E-state index < -0.39 is 22.1 Å². The molecule has 0 radical (unpaired) electrons. The van der Waals surface area contributed by atoms with Gasteiger partial charge in [0.1, 0.15) is 6.04 Å². The Morgan fingerprint density at radius 2 is 1.65 bits per heavy atom. The van der Waals surface area contributed by atoms with Crippen molar-refractivity contribution in [2.75, 3.05) is 26.2 Å². The summed E-state index contributed by atoms with van der Waals surface area (Å²) in [6, 6.07) is 4.48. The number of amides is 3. The highest BCUT2D eigenvalue weighted by atomic mass is 35.5. The van der Waals surface area contributed by atoms with Crippen LogP contribution in [0.3, 0.4) is 0 Å². The summed E-state index contributed by atoms with van der Waals surface area (Å²) in [6.45, 7) is 4.46. The Balaban J connectivity index is 2.05. The van der Waals surface area contributed by atoms with Crippen LogP contribution < -0.4 is 11.1 Å². The first-order valence-electron chi connectivity index (χ1n) is 8.23. The Kier molecular flexibility index (Phi) is 6.48. The van der Waals surface area contributed by atoms with E-state index in [0.29, 0.717) is 5.02 Å². The normalized spacial score (nSPS) is 17.2. The molecule has 0 bridgehead atoms. The van der Waals surface area contributed by atoms with Gasteiger partial charge in [0, 0.05) is 31.2 Å². The fourth-order valence-corrected chi connectivity index (χ4v) is 4.32. The molecule has 1 aromatic rings. The summed E-state index contributed by atoms with van der Waals surface area (Å²) in [6.07, 6.45) is 0. The molecule has 1 aliphatic heterocycles. The monoisotopic (exact) mass is 402 g/mol. The lowest BCUT2D eigenvalue weighted by atomic mass is 10.0. The van der Waals surface area contributed by atoms with Gasteiger partial charge in [0.05, 0.1) is 4.90 Å². The molecule has 26 heavy (non-hydrogen) atoms. The Hall–Kier alpha value is -1.84. The van der Waals surface area contributed by atoms with Crippen LogP contribution in [0, 0.1) is 5.92 Å². The minimum atomic E-state index is -3.64. The van der Waals surface area contributed by atoms with E-state index in [0.717, 1.165) is 0 Å². The highest BCUT2D eigenvalue weighted by Crippen LogP contribution is 2.20. The summed E-state index contributed by atoms with van der Waals surface area (Å²) >= 11 is 5.80. The molecule has 1 unspecified atom stereocenters. The number of sulfonamides is 1. The number of carbonyl (C=O) groups is 2. The fraction of sp³-hybridized carbons (Fsp3) is 0.500. The second-order valence-electron chi connectivity index (χ2n) is 6.41. The number of carbonyl (C=O) groups excluding carboxylic acids is 2. The van der Waals surface area contributed by atoms with Crippen LogP contribution in [0.1, 0.15) is 13.8 Å². The first kappa shape index (κ1) is 20.5. The van der Waals surface area contributed by atoms with Crippen molar-refractivity contribution in [3.05, 3.63) is 29.3 Å². The average molecular weight is 403 g/mol. The summed E-state index contributed by atoms with van der Waals surface area (Å²) in [5.41, 5.74) is 5.13. The molecule has 3 amide bonds. The van der Waals surface area contributed by atoms with Gasteiger partial charge < -0.3 is 16.0 Å². The van der Waals surface area contributed by atoms with Gasteiger partial charge in [-0.25, -0.2) is 13.2 Å². The van der Waals surface area contributed by atoms with Gasteiger partial charge in [-0.1, -0.05) is 25.4 Å². The highest BCUT2D eigenvalue weighted by Gasteiger charge is 2.33. The number of primary amides is 1. The molecule has 0 aliphatic carbocycles. The van der Waals surface area contributed by atoms with Crippen molar-refractivity contribution in [3.63, 3.8) is 0 Å². The van der Waals surface area contributed by atoms with Crippen LogP contribution in [0.2, 0.25) is 5.02 Å². The lowest BCUT2D eigenvalue weighted by Gasteiger charge is -2.36. The van der Waals surface area contributed by atoms with Gasteiger partial charge in [0.2, 0.25) is 15.9 Å². The zero-order valence-electron chi connectivity index (χ0n) is 14.7. The van der Waals surface area contributed by atoms with Crippen LogP contribution in [0.25, 0.3) is 0 Å². The number of nitrogens with one attached hydrogen (secondary N) is 1. The molecule has 0 aromatic heterocycles. The van der Waals surface area contributed by atoms with E-state index in [-0.39, 0.29) is 42.9 Å². The third-order valence-electron chi connectivity index (χ3n) is 4.23. The van der Waals surface area contributed by atoms with Crippen molar-refractivity contribution in [2.45, 2.75) is 24.8 Å². The number of nitrogens with zero attached hydrogens (tertiary/aromatic N) is 2. The van der Waals surface area contributed by atoms with Gasteiger partial charge in [0.25, 0.3) is 0 Å². The van der Waals surface area contributed by atoms with Crippen LogP contribution in [-0.4, -0.2) is 61.8 Å². The zero-order valence-corrected chi connectivity index (χ0v) is 16.3. The van der Waals surface area contributed by atoms with Crippen molar-refractivity contribution >= 4 is 33.6 Å². The molecule has 0 spiro atoms. The van der Waals surface area contributed by atoms with Gasteiger partial charge in [-0.2, -0.15) is 4.31 Å². The first-order valence-corrected chi connectivity index (χ1v) is 10.0. The van der Waals surface area contributed by atoms with Crippen molar-refractivity contribution in [3.8, 4) is 0 Å². The number of urea groups is 1. The number of hydrogen-bond acceptors (Lipinski definition) is 4. The van der Waals surface area contributed by atoms with E-state index in [1.54, 1.807) is 18.7 Å². The van der Waals surface area contributed by atoms with Gasteiger partial charge in [-0.3, -0.25) is 4.79 Å². The second kappa shape index (κ2) is 8.24. The third-order valence-corrected chi connectivity index (χ3v) is 6.40. The standard InChI is InChI=1S/C16H23ClN4O4S/c1-11(2)14(19-16(18)23)15(22)20-7-9-21(10-8-20)26(24,25)13-5-3-12(17)4-6-13/h3-6,11,14H,7-10H2,1-2H3,(H3,18,19,23). The Bertz CT molecular complexity index is 759. The van der Waals surface area contributed by atoms with Crippen molar-refractivity contribution in [1.82, 2.24) is 14.5 Å². The van der Waals surface area contributed by atoms with Crippen molar-refractivity contribution < 1.29 is 18.0 Å². The molecule has 1 fully saturated rings. The minimum Gasteiger partial charge on any atom is -0.352 e. The lowest BCUT2D eigenvalue weighted by Crippen LogP contribution is -2.57. The predicted molar refractivity (Wildman–Crippen MR) is 98.1 cm³/mol. The van der Waals surface area contributed by atoms with E-state index in [2.05, 4.69) is 5.32 Å². The van der Waals surface area contributed by atoms with Crippen LogP contribution in [0.4, 0.5) is 4.79 Å². The number of piperazine rings is 1. The molecular formula is C16H23ClN4O4S. The number of hydrogen-bond donors (Lipinski definition) is 2. The largest absolute Gasteiger partial charge is 0.352 e. The second-order valence-corrected chi connectivity index (χ2v) is 8.79. The average Bonchev–Trinajstić information content (AvgIpc) is 2.59. The van der Waals surface area contributed by atoms with E-state index in [1.807, 2.05) is 0 Å². The quantitative estimate of drug-likeness (QED) is 0.760. The smallest absolute Gasteiger partial charge is 0.312 e. The van der Waals surface area contributed by atoms with Gasteiger partial charge in [0.15, 0.2) is 0 Å². The number of benzene rings is 1. The Morgan fingerprint density at radius 3 is 2.12 bits per heavy atom. The molecule has 0 saturated carbocycles.